The lowest BCUT2D eigenvalue weighted by atomic mass is 9.97. The van der Waals surface area contributed by atoms with Crippen LogP contribution in [-0.4, -0.2) is 41.6 Å². The van der Waals surface area contributed by atoms with Gasteiger partial charge in [0.1, 0.15) is 17.6 Å². The number of methoxy groups -OCH3 is 1. The summed E-state index contributed by atoms with van der Waals surface area (Å²) in [5, 5.41) is 2.22. The molecular weight excluding hydrogens is 453 g/mol. The van der Waals surface area contributed by atoms with E-state index in [-0.39, 0.29) is 43.4 Å². The molecule has 1 atom stereocenters. The Balaban J connectivity index is 1.46. The monoisotopic (exact) mass is 474 g/mol. The Labute approximate surface area is 192 Å². The number of Topliss-reactive ketones (excluding diaryl/α,β-unsaturated/α-hetero) is 1. The van der Waals surface area contributed by atoms with Crippen molar-refractivity contribution in [1.29, 1.82) is 0 Å². The maximum Gasteiger partial charge on any atom is 0.334 e. The molecule has 7 nitrogen and oxygen atoms in total. The first kappa shape index (κ1) is 23.5. The molecule has 4 rings (SSSR count). The number of hydrogen-bond acceptors (Lipinski definition) is 5. The predicted octanol–water partition coefficient (Wildman–Crippen LogP) is 2.89. The highest BCUT2D eigenvalue weighted by Gasteiger charge is 2.43. The van der Waals surface area contributed by atoms with Crippen molar-refractivity contribution in [1.82, 2.24) is 10.2 Å². The number of carbonyl (C=O) groups is 4. The number of halogens is 3. The third-order valence-electron chi connectivity index (χ3n) is 6.08. The molecule has 0 aliphatic carbocycles. The topological polar surface area (TPSA) is 92.8 Å². The van der Waals surface area contributed by atoms with Crippen molar-refractivity contribution in [2.75, 3.05) is 7.11 Å². The van der Waals surface area contributed by atoms with Crippen molar-refractivity contribution in [3.8, 4) is 5.75 Å². The standard InChI is InChI=1S/C24H21F3N2O5/c1-34-19-7-4-15(25)11-17(19)24(26,27)20(30)8-3-13-2-5-16-14(10-13)12-29(23(16)33)18-6-9-21(31)28-22(18)32/h2,4-5,7,10-11,18H,3,6,8-9,12H2,1H3,(H,28,31,32). The fraction of sp³-hybridized carbons (Fsp3) is 0.333. The predicted molar refractivity (Wildman–Crippen MR) is 113 cm³/mol. The zero-order valence-electron chi connectivity index (χ0n) is 18.2. The van der Waals surface area contributed by atoms with Gasteiger partial charge in [0.15, 0.2) is 0 Å². The lowest BCUT2D eigenvalue weighted by molar-refractivity contribution is -0.144. The van der Waals surface area contributed by atoms with Crippen LogP contribution in [0.5, 0.6) is 5.75 Å². The number of piperidine rings is 1. The summed E-state index contributed by atoms with van der Waals surface area (Å²) in [7, 11) is 1.15. The molecule has 1 N–H and O–H groups in total. The van der Waals surface area contributed by atoms with Gasteiger partial charge in [-0.2, -0.15) is 8.78 Å². The first-order valence-corrected chi connectivity index (χ1v) is 10.6. The second kappa shape index (κ2) is 8.92. The Morgan fingerprint density at radius 2 is 1.94 bits per heavy atom. The lowest BCUT2D eigenvalue weighted by Gasteiger charge is -2.29. The molecule has 2 heterocycles. The number of rotatable bonds is 7. The van der Waals surface area contributed by atoms with Crippen LogP contribution in [0.1, 0.15) is 46.3 Å². The Morgan fingerprint density at radius 1 is 1.18 bits per heavy atom. The average molecular weight is 474 g/mol. The number of ether oxygens (including phenoxy) is 1. The molecule has 0 radical (unpaired) electrons. The van der Waals surface area contributed by atoms with E-state index in [1.807, 2.05) is 0 Å². The van der Waals surface area contributed by atoms with E-state index in [1.165, 1.54) is 11.0 Å². The van der Waals surface area contributed by atoms with Crippen LogP contribution < -0.4 is 10.1 Å². The van der Waals surface area contributed by atoms with E-state index >= 15 is 0 Å². The molecule has 34 heavy (non-hydrogen) atoms. The molecule has 10 heteroatoms. The summed E-state index contributed by atoms with van der Waals surface area (Å²) < 4.78 is 47.9. The van der Waals surface area contributed by atoms with Crippen molar-refractivity contribution >= 4 is 23.5 Å². The van der Waals surface area contributed by atoms with E-state index in [0.717, 1.165) is 19.2 Å². The third kappa shape index (κ3) is 4.27. The number of fused-ring (bicyclic) bond motifs is 1. The summed E-state index contributed by atoms with van der Waals surface area (Å²) in [6, 6.07) is 6.58. The van der Waals surface area contributed by atoms with E-state index in [1.54, 1.807) is 12.1 Å². The SMILES string of the molecule is COc1ccc(F)cc1C(F)(F)C(=O)CCc1ccc2c(c1)CN(C1CCC(=O)NC1=O)C2=O. The molecule has 0 aromatic heterocycles. The zero-order valence-corrected chi connectivity index (χ0v) is 18.2. The third-order valence-corrected chi connectivity index (χ3v) is 6.08. The number of imide groups is 1. The molecule has 2 aliphatic heterocycles. The van der Waals surface area contributed by atoms with Crippen LogP contribution >= 0.6 is 0 Å². The fourth-order valence-electron chi connectivity index (χ4n) is 4.27. The normalized spacial score (nSPS) is 18.1. The molecule has 1 unspecified atom stereocenters. The average Bonchev–Trinajstić information content (AvgIpc) is 3.12. The van der Waals surface area contributed by atoms with Crippen molar-refractivity contribution in [2.24, 2.45) is 0 Å². The minimum atomic E-state index is -3.94. The van der Waals surface area contributed by atoms with Gasteiger partial charge >= 0.3 is 5.92 Å². The van der Waals surface area contributed by atoms with Crippen LogP contribution in [-0.2, 0) is 33.3 Å². The van der Waals surface area contributed by atoms with Gasteiger partial charge in [-0.05, 0) is 48.2 Å². The Bertz CT molecular complexity index is 1200. The number of carbonyl (C=O) groups excluding carboxylic acids is 4. The highest BCUT2D eigenvalue weighted by molar-refractivity contribution is 6.05. The van der Waals surface area contributed by atoms with Gasteiger partial charge in [-0.3, -0.25) is 24.5 Å². The van der Waals surface area contributed by atoms with Gasteiger partial charge in [-0.25, -0.2) is 4.39 Å². The van der Waals surface area contributed by atoms with E-state index in [2.05, 4.69) is 5.32 Å². The Kier molecular flexibility index (Phi) is 6.16. The van der Waals surface area contributed by atoms with Crippen LogP contribution in [0.2, 0.25) is 0 Å². The van der Waals surface area contributed by atoms with Gasteiger partial charge in [0.05, 0.1) is 12.7 Å². The molecule has 0 bridgehead atoms. The number of nitrogens with zero attached hydrogens (tertiary/aromatic N) is 1. The first-order chi connectivity index (χ1) is 16.1. The molecule has 0 saturated carbocycles. The minimum absolute atomic E-state index is 0.0219. The van der Waals surface area contributed by atoms with Crippen LogP contribution in [0.4, 0.5) is 13.2 Å². The van der Waals surface area contributed by atoms with Gasteiger partial charge in [0, 0.05) is 24.9 Å². The van der Waals surface area contributed by atoms with Crippen LogP contribution in [0.25, 0.3) is 0 Å². The van der Waals surface area contributed by atoms with Gasteiger partial charge in [0.2, 0.25) is 17.6 Å². The molecule has 178 valence electrons. The number of nitrogens with one attached hydrogen (secondary N) is 1. The van der Waals surface area contributed by atoms with E-state index in [9.17, 15) is 32.3 Å². The van der Waals surface area contributed by atoms with Gasteiger partial charge in [0.25, 0.3) is 5.91 Å². The molecule has 0 spiro atoms. The minimum Gasteiger partial charge on any atom is -0.496 e. The number of benzene rings is 2. The Hall–Kier alpha value is -3.69. The summed E-state index contributed by atoms with van der Waals surface area (Å²) in [5.74, 6) is -7.79. The van der Waals surface area contributed by atoms with Crippen molar-refractivity contribution in [2.45, 2.75) is 44.2 Å². The number of ketones is 1. The molecule has 1 fully saturated rings. The quantitative estimate of drug-likeness (QED) is 0.623. The van der Waals surface area contributed by atoms with Crippen molar-refractivity contribution in [3.05, 3.63) is 64.5 Å². The van der Waals surface area contributed by atoms with E-state index < -0.39 is 41.5 Å². The first-order valence-electron chi connectivity index (χ1n) is 10.6. The summed E-state index contributed by atoms with van der Waals surface area (Å²) in [5.41, 5.74) is 0.722. The molecule has 2 aromatic carbocycles. The maximum absolute atomic E-state index is 14.8. The molecular formula is C24H21F3N2O5. The summed E-state index contributed by atoms with van der Waals surface area (Å²) in [6.07, 6.45) is -0.180. The van der Waals surface area contributed by atoms with Crippen molar-refractivity contribution in [3.63, 3.8) is 0 Å². The highest BCUT2D eigenvalue weighted by atomic mass is 19.3. The van der Waals surface area contributed by atoms with E-state index in [4.69, 9.17) is 4.74 Å². The number of hydrogen-bond donors (Lipinski definition) is 1. The smallest absolute Gasteiger partial charge is 0.334 e. The van der Waals surface area contributed by atoms with Crippen molar-refractivity contribution < 1.29 is 37.1 Å². The molecule has 2 aromatic rings. The number of amides is 3. The van der Waals surface area contributed by atoms with Crippen LogP contribution in [0.3, 0.4) is 0 Å². The lowest BCUT2D eigenvalue weighted by Crippen LogP contribution is -2.52. The van der Waals surface area contributed by atoms with Gasteiger partial charge < -0.3 is 9.64 Å². The second-order valence-corrected chi connectivity index (χ2v) is 8.23. The number of aryl methyl sites for hydroxylation is 1. The fourth-order valence-corrected chi connectivity index (χ4v) is 4.27. The summed E-state index contributed by atoms with van der Waals surface area (Å²) in [6.45, 7) is 0.138. The van der Waals surface area contributed by atoms with Gasteiger partial charge in [-0.1, -0.05) is 12.1 Å². The molecule has 1 saturated heterocycles. The summed E-state index contributed by atoms with van der Waals surface area (Å²) >= 11 is 0. The largest absolute Gasteiger partial charge is 0.496 e. The summed E-state index contributed by atoms with van der Waals surface area (Å²) in [4.78, 5) is 50.0. The molecule has 2 aliphatic rings. The van der Waals surface area contributed by atoms with E-state index in [0.29, 0.717) is 22.8 Å². The Morgan fingerprint density at radius 3 is 2.65 bits per heavy atom. The maximum atomic E-state index is 14.8. The second-order valence-electron chi connectivity index (χ2n) is 8.23. The number of alkyl halides is 2. The zero-order chi connectivity index (χ0) is 24.6. The molecule has 3 amide bonds. The van der Waals surface area contributed by atoms with Crippen LogP contribution in [0.15, 0.2) is 36.4 Å². The van der Waals surface area contributed by atoms with Gasteiger partial charge in [-0.15, -0.1) is 0 Å². The van der Waals surface area contributed by atoms with Crippen LogP contribution in [0, 0.1) is 5.82 Å². The highest BCUT2D eigenvalue weighted by Crippen LogP contribution is 2.37.